The lowest BCUT2D eigenvalue weighted by Gasteiger charge is -2.35. The molecular formula is C20H19NO3. The van der Waals surface area contributed by atoms with Crippen LogP contribution >= 0.6 is 0 Å². The maximum Gasteiger partial charge on any atom is 0.337 e. The number of benzene rings is 1. The molecule has 1 aromatic carbocycles. The van der Waals surface area contributed by atoms with Crippen molar-refractivity contribution in [2.75, 3.05) is 0 Å². The van der Waals surface area contributed by atoms with Crippen molar-refractivity contribution in [1.29, 1.82) is 0 Å². The Labute approximate surface area is 141 Å². The monoisotopic (exact) mass is 321 g/mol. The van der Waals surface area contributed by atoms with Crippen LogP contribution in [0.15, 0.2) is 36.5 Å². The van der Waals surface area contributed by atoms with E-state index < -0.39 is 12.1 Å². The summed E-state index contributed by atoms with van der Waals surface area (Å²) >= 11 is 0. The van der Waals surface area contributed by atoms with E-state index in [-0.39, 0.29) is 11.0 Å². The minimum atomic E-state index is -1.01. The van der Waals surface area contributed by atoms with Gasteiger partial charge in [0.1, 0.15) is 5.69 Å². The lowest BCUT2D eigenvalue weighted by molar-refractivity contribution is 0.0696. The Hall–Kier alpha value is -2.64. The van der Waals surface area contributed by atoms with Crippen LogP contribution in [-0.4, -0.2) is 21.2 Å². The number of carboxylic acid groups (broad SMARTS) is 1. The first-order valence-corrected chi connectivity index (χ1v) is 7.91. The Balaban J connectivity index is 1.90. The first-order valence-electron chi connectivity index (χ1n) is 7.91. The third kappa shape index (κ3) is 3.17. The van der Waals surface area contributed by atoms with Crippen molar-refractivity contribution in [2.45, 2.75) is 38.2 Å². The maximum absolute atomic E-state index is 10.8. The fraction of sp³-hybridized carbons (Fsp3) is 0.300. The van der Waals surface area contributed by atoms with E-state index in [2.05, 4.69) is 30.7 Å². The first kappa shape index (κ1) is 16.2. The van der Waals surface area contributed by atoms with Gasteiger partial charge in [-0.05, 0) is 59.6 Å². The van der Waals surface area contributed by atoms with Crippen molar-refractivity contribution in [3.8, 4) is 11.8 Å². The number of rotatable bonds is 1. The van der Waals surface area contributed by atoms with Crippen LogP contribution in [0.2, 0.25) is 0 Å². The molecule has 4 nitrogen and oxygen atoms in total. The van der Waals surface area contributed by atoms with E-state index in [4.69, 9.17) is 5.11 Å². The quantitative estimate of drug-likeness (QED) is 0.791. The second-order valence-electron chi connectivity index (χ2n) is 6.73. The Kier molecular flexibility index (Phi) is 4.13. The number of carbonyl (C=O) groups is 1. The van der Waals surface area contributed by atoms with Crippen LogP contribution in [0.3, 0.4) is 0 Å². The van der Waals surface area contributed by atoms with Gasteiger partial charge in [-0.3, -0.25) is 0 Å². The minimum Gasteiger partial charge on any atom is -0.478 e. The number of aromatic carboxylic acids is 1. The number of hydrogen-bond donors (Lipinski definition) is 2. The molecular weight excluding hydrogens is 302 g/mol. The second kappa shape index (κ2) is 6.10. The van der Waals surface area contributed by atoms with Crippen molar-refractivity contribution in [2.24, 2.45) is 0 Å². The van der Waals surface area contributed by atoms with E-state index >= 15 is 0 Å². The predicted octanol–water partition coefficient (Wildman–Crippen LogP) is 3.28. The Morgan fingerprint density at radius 3 is 2.71 bits per heavy atom. The fourth-order valence-electron chi connectivity index (χ4n) is 3.05. The molecule has 1 aliphatic carbocycles. The van der Waals surface area contributed by atoms with Crippen molar-refractivity contribution in [3.05, 3.63) is 64.5 Å². The summed E-state index contributed by atoms with van der Waals surface area (Å²) < 4.78 is 0. The molecule has 0 aliphatic heterocycles. The van der Waals surface area contributed by atoms with Crippen LogP contribution in [0.5, 0.6) is 0 Å². The summed E-state index contributed by atoms with van der Waals surface area (Å²) in [5.41, 5.74) is 3.66. The molecule has 0 fully saturated rings. The minimum absolute atomic E-state index is 0.0642. The summed E-state index contributed by atoms with van der Waals surface area (Å²) in [5.74, 6) is 4.96. The zero-order valence-electron chi connectivity index (χ0n) is 13.7. The van der Waals surface area contributed by atoms with Gasteiger partial charge in [0.05, 0.1) is 11.7 Å². The van der Waals surface area contributed by atoms with Crippen molar-refractivity contribution in [1.82, 2.24) is 4.98 Å². The van der Waals surface area contributed by atoms with Crippen LogP contribution in [0.25, 0.3) is 0 Å². The number of aliphatic hydroxyl groups excluding tert-OH is 1. The molecule has 1 unspecified atom stereocenters. The Morgan fingerprint density at radius 1 is 1.25 bits per heavy atom. The van der Waals surface area contributed by atoms with Gasteiger partial charge >= 0.3 is 5.97 Å². The summed E-state index contributed by atoms with van der Waals surface area (Å²) in [6.07, 6.45) is 2.58. The van der Waals surface area contributed by atoms with Gasteiger partial charge < -0.3 is 10.2 Å². The molecule has 2 aromatic rings. The van der Waals surface area contributed by atoms with Gasteiger partial charge in [-0.25, -0.2) is 9.78 Å². The topological polar surface area (TPSA) is 70.4 Å². The number of hydrogen-bond acceptors (Lipinski definition) is 3. The molecule has 0 spiro atoms. The molecule has 0 bridgehead atoms. The summed E-state index contributed by atoms with van der Waals surface area (Å²) in [6, 6.07) is 9.02. The van der Waals surface area contributed by atoms with Gasteiger partial charge in [0.2, 0.25) is 0 Å². The van der Waals surface area contributed by atoms with E-state index in [0.717, 1.165) is 24.0 Å². The average Bonchev–Trinajstić information content (AvgIpc) is 2.57. The molecule has 0 saturated carbocycles. The van der Waals surface area contributed by atoms with E-state index in [1.54, 1.807) is 6.07 Å². The highest BCUT2D eigenvalue weighted by molar-refractivity contribution is 5.87. The highest BCUT2D eigenvalue weighted by Gasteiger charge is 2.31. The molecule has 1 atom stereocenters. The first-order chi connectivity index (χ1) is 11.4. The molecule has 4 heteroatoms. The second-order valence-corrected chi connectivity index (χ2v) is 6.73. The van der Waals surface area contributed by atoms with E-state index in [1.807, 2.05) is 18.2 Å². The zero-order valence-corrected chi connectivity index (χ0v) is 13.7. The van der Waals surface area contributed by atoms with Gasteiger partial charge in [-0.1, -0.05) is 25.8 Å². The van der Waals surface area contributed by atoms with Gasteiger partial charge in [-0.2, -0.15) is 0 Å². The SMILES string of the molecule is CC1(C)CCC(O)c2cc(C#Cc3ccc(C(=O)O)cn3)ccc21. The van der Waals surface area contributed by atoms with E-state index in [0.29, 0.717) is 5.69 Å². The Morgan fingerprint density at radius 2 is 2.04 bits per heavy atom. The number of nitrogens with zero attached hydrogens (tertiary/aromatic N) is 1. The number of carboxylic acids is 1. The number of pyridine rings is 1. The molecule has 1 heterocycles. The van der Waals surface area contributed by atoms with Gasteiger partial charge in [0.15, 0.2) is 0 Å². The van der Waals surface area contributed by atoms with Crippen LogP contribution < -0.4 is 0 Å². The lowest BCUT2D eigenvalue weighted by atomic mass is 9.71. The molecule has 0 saturated heterocycles. The van der Waals surface area contributed by atoms with Crippen LogP contribution in [0.4, 0.5) is 0 Å². The summed E-state index contributed by atoms with van der Waals surface area (Å²) in [4.78, 5) is 14.8. The third-order valence-electron chi connectivity index (χ3n) is 4.53. The summed E-state index contributed by atoms with van der Waals surface area (Å²) in [5, 5.41) is 19.1. The lowest BCUT2D eigenvalue weighted by Crippen LogP contribution is -2.26. The standard InChI is InChI=1S/C20H19NO3/c1-20(2)10-9-18(22)16-11-13(4-8-17(16)20)3-6-15-7-5-14(12-21-15)19(23)24/h4-5,7-8,11-12,18,22H,9-10H2,1-2H3,(H,23,24). The van der Waals surface area contributed by atoms with Crippen LogP contribution in [-0.2, 0) is 5.41 Å². The largest absolute Gasteiger partial charge is 0.478 e. The maximum atomic E-state index is 10.8. The summed E-state index contributed by atoms with van der Waals surface area (Å²) in [6.45, 7) is 4.38. The number of aromatic nitrogens is 1. The van der Waals surface area contributed by atoms with E-state index in [1.165, 1.54) is 17.8 Å². The van der Waals surface area contributed by atoms with Gasteiger partial charge in [-0.15, -0.1) is 0 Å². The molecule has 0 amide bonds. The molecule has 122 valence electrons. The molecule has 24 heavy (non-hydrogen) atoms. The molecule has 2 N–H and O–H groups in total. The molecule has 3 rings (SSSR count). The number of aliphatic hydroxyl groups is 1. The molecule has 0 radical (unpaired) electrons. The highest BCUT2D eigenvalue weighted by Crippen LogP contribution is 2.41. The van der Waals surface area contributed by atoms with Gasteiger partial charge in [0.25, 0.3) is 0 Å². The summed E-state index contributed by atoms with van der Waals surface area (Å²) in [7, 11) is 0. The van der Waals surface area contributed by atoms with Crippen molar-refractivity contribution >= 4 is 5.97 Å². The number of fused-ring (bicyclic) bond motifs is 1. The third-order valence-corrected chi connectivity index (χ3v) is 4.53. The van der Waals surface area contributed by atoms with Crippen LogP contribution in [0.1, 0.15) is 65.5 Å². The van der Waals surface area contributed by atoms with E-state index in [9.17, 15) is 9.90 Å². The van der Waals surface area contributed by atoms with Gasteiger partial charge in [0, 0.05) is 11.8 Å². The normalized spacial score (nSPS) is 18.2. The van der Waals surface area contributed by atoms with Crippen LogP contribution in [0, 0.1) is 11.8 Å². The molecule has 1 aromatic heterocycles. The smallest absolute Gasteiger partial charge is 0.337 e. The predicted molar refractivity (Wildman–Crippen MR) is 90.8 cm³/mol. The average molecular weight is 321 g/mol. The fourth-order valence-corrected chi connectivity index (χ4v) is 3.05. The van der Waals surface area contributed by atoms with Crippen molar-refractivity contribution < 1.29 is 15.0 Å². The highest BCUT2D eigenvalue weighted by atomic mass is 16.4. The zero-order chi connectivity index (χ0) is 17.3. The Bertz CT molecular complexity index is 841. The molecule has 1 aliphatic rings. The van der Waals surface area contributed by atoms with Crippen molar-refractivity contribution in [3.63, 3.8) is 0 Å².